The maximum Gasteiger partial charge on any atom is 0.335 e. The van der Waals surface area contributed by atoms with Crippen molar-refractivity contribution in [2.24, 2.45) is 0 Å². The molecule has 0 heterocycles. The monoisotopic (exact) mass is 246 g/mol. The van der Waals surface area contributed by atoms with Crippen LogP contribution in [0.1, 0.15) is 12.0 Å². The third kappa shape index (κ3) is 3.59. The van der Waals surface area contributed by atoms with Crippen molar-refractivity contribution in [3.63, 3.8) is 0 Å². The summed E-state index contributed by atoms with van der Waals surface area (Å²) in [6, 6.07) is 8.69. The molecule has 1 rings (SSSR count). The van der Waals surface area contributed by atoms with Crippen LogP contribution in [-0.4, -0.2) is 24.2 Å². The number of hydrogen-bond donors (Lipinski definition) is 1. The van der Waals surface area contributed by atoms with Crippen molar-refractivity contribution >= 4 is 17.5 Å². The van der Waals surface area contributed by atoms with Crippen LogP contribution in [0, 0.1) is 0 Å². The number of esters is 1. The van der Waals surface area contributed by atoms with E-state index < -0.39 is 11.9 Å². The van der Waals surface area contributed by atoms with Gasteiger partial charge in [-0.3, -0.25) is 0 Å². The fraction of sp³-hybridized carbons (Fsp3) is 0.143. The molecule has 1 aromatic rings. The van der Waals surface area contributed by atoms with Crippen LogP contribution in [0.25, 0.3) is 5.57 Å². The standard InChI is InChI=1S/C14H14O4/c1-10(14(17)18-2)8-9-12(13(15)16)11-6-4-3-5-7-11/h3-7,9H,1,8H2,2H3,(H,15,16). The summed E-state index contributed by atoms with van der Waals surface area (Å²) in [6.07, 6.45) is 1.60. The van der Waals surface area contributed by atoms with Gasteiger partial charge >= 0.3 is 11.9 Å². The van der Waals surface area contributed by atoms with E-state index in [9.17, 15) is 9.59 Å². The number of ether oxygens (including phenoxy) is 1. The minimum Gasteiger partial charge on any atom is -0.478 e. The van der Waals surface area contributed by atoms with E-state index in [1.165, 1.54) is 13.2 Å². The fourth-order valence-electron chi connectivity index (χ4n) is 1.40. The Kier molecular flexibility index (Phi) is 4.87. The van der Waals surface area contributed by atoms with Gasteiger partial charge in [-0.05, 0) is 12.0 Å². The molecule has 0 radical (unpaired) electrons. The quantitative estimate of drug-likeness (QED) is 0.639. The van der Waals surface area contributed by atoms with Crippen LogP contribution in [-0.2, 0) is 14.3 Å². The molecule has 0 saturated carbocycles. The van der Waals surface area contributed by atoms with E-state index >= 15 is 0 Å². The van der Waals surface area contributed by atoms with Gasteiger partial charge in [0.25, 0.3) is 0 Å². The van der Waals surface area contributed by atoms with Gasteiger partial charge < -0.3 is 9.84 Å². The SMILES string of the molecule is C=C(CC=C(C(=O)O)c1ccccc1)C(=O)OC. The Hall–Kier alpha value is -2.36. The first-order valence-corrected chi connectivity index (χ1v) is 5.31. The third-order valence-electron chi connectivity index (χ3n) is 2.34. The predicted octanol–water partition coefficient (Wildman–Crippen LogP) is 2.27. The topological polar surface area (TPSA) is 63.6 Å². The highest BCUT2D eigenvalue weighted by atomic mass is 16.5. The highest BCUT2D eigenvalue weighted by molar-refractivity contribution is 6.15. The summed E-state index contributed by atoms with van der Waals surface area (Å²) in [5, 5.41) is 9.12. The summed E-state index contributed by atoms with van der Waals surface area (Å²) < 4.78 is 4.50. The van der Waals surface area contributed by atoms with Crippen molar-refractivity contribution in [2.45, 2.75) is 6.42 Å². The maximum atomic E-state index is 11.1. The van der Waals surface area contributed by atoms with E-state index in [-0.39, 0.29) is 17.6 Å². The Morgan fingerprint density at radius 2 is 1.94 bits per heavy atom. The molecule has 0 saturated heterocycles. The zero-order valence-electron chi connectivity index (χ0n) is 10.1. The zero-order valence-corrected chi connectivity index (χ0v) is 10.1. The first kappa shape index (κ1) is 13.7. The van der Waals surface area contributed by atoms with E-state index in [2.05, 4.69) is 11.3 Å². The molecule has 0 aromatic heterocycles. The van der Waals surface area contributed by atoms with Crippen molar-refractivity contribution in [3.8, 4) is 0 Å². The molecule has 0 bridgehead atoms. The van der Waals surface area contributed by atoms with Crippen molar-refractivity contribution in [1.29, 1.82) is 0 Å². The summed E-state index contributed by atoms with van der Waals surface area (Å²) in [6.45, 7) is 3.54. The molecule has 0 unspecified atom stereocenters. The van der Waals surface area contributed by atoms with Crippen LogP contribution in [0.3, 0.4) is 0 Å². The van der Waals surface area contributed by atoms with E-state index in [1.807, 2.05) is 0 Å². The molecule has 0 spiro atoms. The number of carboxylic acids is 1. The average molecular weight is 246 g/mol. The van der Waals surface area contributed by atoms with E-state index in [4.69, 9.17) is 5.11 Å². The number of carboxylic acid groups (broad SMARTS) is 1. The zero-order chi connectivity index (χ0) is 13.5. The molecule has 94 valence electrons. The van der Waals surface area contributed by atoms with E-state index in [1.54, 1.807) is 30.3 Å². The number of rotatable bonds is 5. The maximum absolute atomic E-state index is 11.1. The van der Waals surface area contributed by atoms with Gasteiger partial charge in [0, 0.05) is 5.57 Å². The smallest absolute Gasteiger partial charge is 0.335 e. The van der Waals surface area contributed by atoms with Crippen LogP contribution in [0.2, 0.25) is 0 Å². The fourth-order valence-corrected chi connectivity index (χ4v) is 1.40. The van der Waals surface area contributed by atoms with Crippen LogP contribution in [0.4, 0.5) is 0 Å². The minimum absolute atomic E-state index is 0.139. The summed E-state index contributed by atoms with van der Waals surface area (Å²) in [4.78, 5) is 22.3. The second-order valence-electron chi connectivity index (χ2n) is 3.59. The van der Waals surface area contributed by atoms with Crippen LogP contribution >= 0.6 is 0 Å². The van der Waals surface area contributed by atoms with Gasteiger partial charge in [0.05, 0.1) is 12.7 Å². The molecule has 4 heteroatoms. The van der Waals surface area contributed by atoms with Crippen LogP contribution in [0.5, 0.6) is 0 Å². The second-order valence-corrected chi connectivity index (χ2v) is 3.59. The summed E-state index contributed by atoms with van der Waals surface area (Å²) in [7, 11) is 1.26. The molecule has 0 aliphatic heterocycles. The lowest BCUT2D eigenvalue weighted by Crippen LogP contribution is -2.04. The van der Waals surface area contributed by atoms with Gasteiger partial charge in [-0.2, -0.15) is 0 Å². The molecule has 1 N–H and O–H groups in total. The third-order valence-corrected chi connectivity index (χ3v) is 2.34. The average Bonchev–Trinajstić information content (AvgIpc) is 2.38. The lowest BCUT2D eigenvalue weighted by atomic mass is 10.0. The molecule has 4 nitrogen and oxygen atoms in total. The summed E-state index contributed by atoms with van der Waals surface area (Å²) in [5.41, 5.74) is 0.940. The highest BCUT2D eigenvalue weighted by Gasteiger charge is 2.11. The molecular formula is C14H14O4. The molecule has 18 heavy (non-hydrogen) atoms. The highest BCUT2D eigenvalue weighted by Crippen LogP contribution is 2.16. The molecule has 0 fully saturated rings. The van der Waals surface area contributed by atoms with Crippen molar-refractivity contribution in [3.05, 3.63) is 54.1 Å². The largest absolute Gasteiger partial charge is 0.478 e. The van der Waals surface area contributed by atoms with Gasteiger partial charge in [-0.15, -0.1) is 0 Å². The Labute approximate surface area is 105 Å². The van der Waals surface area contributed by atoms with Gasteiger partial charge in [0.1, 0.15) is 0 Å². The van der Waals surface area contributed by atoms with E-state index in [0.29, 0.717) is 5.56 Å². The molecule has 1 aromatic carbocycles. The number of benzene rings is 1. The molecule has 0 aliphatic rings. The number of allylic oxidation sites excluding steroid dienone is 1. The molecule has 0 aliphatic carbocycles. The molecular weight excluding hydrogens is 232 g/mol. The van der Waals surface area contributed by atoms with Crippen LogP contribution in [0.15, 0.2) is 48.6 Å². The Bertz CT molecular complexity index is 486. The lowest BCUT2D eigenvalue weighted by molar-refractivity contribution is -0.136. The minimum atomic E-state index is -1.04. The van der Waals surface area contributed by atoms with Gasteiger partial charge in [0.2, 0.25) is 0 Å². The second kappa shape index (κ2) is 6.39. The normalized spacial score (nSPS) is 10.8. The molecule has 0 atom stereocenters. The van der Waals surface area contributed by atoms with Gasteiger partial charge in [0.15, 0.2) is 0 Å². The van der Waals surface area contributed by atoms with Crippen LogP contribution < -0.4 is 0 Å². The van der Waals surface area contributed by atoms with Gasteiger partial charge in [-0.1, -0.05) is 43.0 Å². The lowest BCUT2D eigenvalue weighted by Gasteiger charge is -2.04. The van der Waals surface area contributed by atoms with Crippen molar-refractivity contribution in [2.75, 3.05) is 7.11 Å². The Morgan fingerprint density at radius 1 is 1.33 bits per heavy atom. The van der Waals surface area contributed by atoms with Crippen molar-refractivity contribution < 1.29 is 19.4 Å². The molecule has 0 amide bonds. The predicted molar refractivity (Wildman–Crippen MR) is 67.8 cm³/mol. The van der Waals surface area contributed by atoms with E-state index in [0.717, 1.165) is 0 Å². The first-order chi connectivity index (χ1) is 8.56. The number of methoxy groups -OCH3 is 1. The number of hydrogen-bond acceptors (Lipinski definition) is 3. The Morgan fingerprint density at radius 3 is 2.44 bits per heavy atom. The van der Waals surface area contributed by atoms with Crippen molar-refractivity contribution in [1.82, 2.24) is 0 Å². The summed E-state index contributed by atoms with van der Waals surface area (Å²) >= 11 is 0. The van der Waals surface area contributed by atoms with Gasteiger partial charge in [-0.25, -0.2) is 9.59 Å². The summed E-state index contributed by atoms with van der Waals surface area (Å²) in [5.74, 6) is -1.58. The number of aliphatic carboxylic acids is 1. The number of carbonyl (C=O) groups excluding carboxylic acids is 1. The number of carbonyl (C=O) groups is 2. The first-order valence-electron chi connectivity index (χ1n) is 5.31. The Balaban J connectivity index is 2.91.